The summed E-state index contributed by atoms with van der Waals surface area (Å²) in [7, 11) is 3.29. The van der Waals surface area contributed by atoms with Crippen LogP contribution >= 0.6 is 0 Å². The molecule has 29 heavy (non-hydrogen) atoms. The number of benzene rings is 2. The van der Waals surface area contributed by atoms with E-state index in [4.69, 9.17) is 9.47 Å². The number of hydrogen-bond donors (Lipinski definition) is 0. The van der Waals surface area contributed by atoms with Crippen molar-refractivity contribution < 1.29 is 14.3 Å². The van der Waals surface area contributed by atoms with Gasteiger partial charge in [0.2, 0.25) is 0 Å². The summed E-state index contributed by atoms with van der Waals surface area (Å²) in [4.78, 5) is 12.2. The van der Waals surface area contributed by atoms with Crippen LogP contribution in [0.3, 0.4) is 0 Å². The monoisotopic (exact) mass is 498 g/mol. The SMILES string of the molecule is COC[C@H]1[C@H]2CC[C@H](C2)[C@@H]1[Sn](/[CH]=C/C(=O)OC)([c]1ccccc1)[c]1ccccc1. The summed E-state index contributed by atoms with van der Waals surface area (Å²) in [5.41, 5.74) is 0. The fourth-order valence-corrected chi connectivity index (χ4v) is 22.3. The Kier molecular flexibility index (Phi) is 6.45. The molecule has 4 heteroatoms. The van der Waals surface area contributed by atoms with Crippen LogP contribution < -0.4 is 7.16 Å². The maximum absolute atomic E-state index is 12.2. The summed E-state index contributed by atoms with van der Waals surface area (Å²) in [5, 5.41) is 0. The average molecular weight is 497 g/mol. The van der Waals surface area contributed by atoms with Gasteiger partial charge in [-0.25, -0.2) is 0 Å². The van der Waals surface area contributed by atoms with Crippen molar-refractivity contribution in [2.75, 3.05) is 20.8 Å². The molecule has 0 saturated heterocycles. The zero-order valence-corrected chi connectivity index (χ0v) is 20.1. The number of carbonyl (C=O) groups is 1. The van der Waals surface area contributed by atoms with E-state index in [2.05, 4.69) is 64.8 Å². The number of methoxy groups -OCH3 is 2. The summed E-state index contributed by atoms with van der Waals surface area (Å²) >= 11 is -3.44. The third kappa shape index (κ3) is 3.79. The second-order valence-corrected chi connectivity index (χ2v) is 19.5. The van der Waals surface area contributed by atoms with Gasteiger partial charge < -0.3 is 0 Å². The van der Waals surface area contributed by atoms with Crippen molar-refractivity contribution in [3.8, 4) is 0 Å². The molecule has 4 rings (SSSR count). The summed E-state index contributed by atoms with van der Waals surface area (Å²) in [5.74, 6) is 1.78. The predicted octanol–water partition coefficient (Wildman–Crippen LogP) is 3.58. The van der Waals surface area contributed by atoms with E-state index in [-0.39, 0.29) is 5.97 Å². The van der Waals surface area contributed by atoms with Crippen LogP contribution in [0.25, 0.3) is 0 Å². The van der Waals surface area contributed by atoms with Crippen LogP contribution in [-0.4, -0.2) is 45.2 Å². The summed E-state index contributed by atoms with van der Waals surface area (Å²) in [6, 6.07) is 21.9. The molecular weight excluding hydrogens is 467 g/mol. The molecule has 0 spiro atoms. The van der Waals surface area contributed by atoms with Gasteiger partial charge in [0.15, 0.2) is 0 Å². The Hall–Kier alpha value is -1.59. The first-order valence-electron chi connectivity index (χ1n) is 10.6. The third-order valence-electron chi connectivity index (χ3n) is 7.16. The van der Waals surface area contributed by atoms with E-state index in [1.54, 1.807) is 6.08 Å². The molecule has 2 aromatic carbocycles. The number of carbonyl (C=O) groups excluding carboxylic acids is 1. The van der Waals surface area contributed by atoms with E-state index in [9.17, 15) is 4.79 Å². The van der Waals surface area contributed by atoms with Crippen LogP contribution in [0.2, 0.25) is 3.93 Å². The van der Waals surface area contributed by atoms with Crippen LogP contribution in [0.4, 0.5) is 0 Å². The van der Waals surface area contributed by atoms with Crippen molar-refractivity contribution in [3.63, 3.8) is 0 Å². The zero-order valence-electron chi connectivity index (χ0n) is 17.3. The molecule has 0 aromatic heterocycles. The third-order valence-corrected chi connectivity index (χ3v) is 22.1. The summed E-state index contributed by atoms with van der Waals surface area (Å²) < 4.78 is 16.5. The fraction of sp³-hybridized carbons (Fsp3) is 0.400. The van der Waals surface area contributed by atoms with Crippen molar-refractivity contribution in [1.82, 2.24) is 0 Å². The standard InChI is InChI=1S/C9H15O.2C6H5.C4H5O2.Sn/c1-10-6-9-5-7-2-3-8(9)4-7;2*1-2-4-6-5-3-1;1-3-4(5)6-2;/h5,7-9H,2-4,6H2,1H3;2*1-5H;1,3H,2H3;/t7-,8+,9+;;;;/m1..../s1. The van der Waals surface area contributed by atoms with Crippen molar-refractivity contribution >= 4 is 31.5 Å². The van der Waals surface area contributed by atoms with Gasteiger partial charge >= 0.3 is 178 Å². The maximum atomic E-state index is 12.2. The van der Waals surface area contributed by atoms with E-state index >= 15 is 0 Å². The second-order valence-electron chi connectivity index (χ2n) is 8.44. The van der Waals surface area contributed by atoms with E-state index < -0.39 is 18.4 Å². The van der Waals surface area contributed by atoms with Gasteiger partial charge in [0.1, 0.15) is 0 Å². The molecule has 2 aliphatic rings. The molecule has 2 bridgehead atoms. The summed E-state index contributed by atoms with van der Waals surface area (Å²) in [6.07, 6.45) is 5.65. The molecule has 0 aliphatic heterocycles. The van der Waals surface area contributed by atoms with E-state index in [1.165, 1.54) is 33.5 Å². The first-order valence-corrected chi connectivity index (χ1v) is 16.7. The minimum atomic E-state index is -3.44. The quantitative estimate of drug-likeness (QED) is 0.334. The number of rotatable bonds is 7. The zero-order chi connectivity index (χ0) is 20.3. The topological polar surface area (TPSA) is 35.5 Å². The first-order chi connectivity index (χ1) is 14.2. The first kappa shape index (κ1) is 20.7. The van der Waals surface area contributed by atoms with Crippen molar-refractivity contribution in [2.24, 2.45) is 17.8 Å². The summed E-state index contributed by atoms with van der Waals surface area (Å²) in [6.45, 7) is 0.816. The van der Waals surface area contributed by atoms with Crippen molar-refractivity contribution in [3.05, 3.63) is 70.8 Å². The van der Waals surface area contributed by atoms with Gasteiger partial charge in [-0.15, -0.1) is 0 Å². The number of fused-ring (bicyclic) bond motifs is 2. The molecule has 0 amide bonds. The molecular formula is C25H30O3Sn. The molecule has 2 saturated carbocycles. The molecule has 0 unspecified atom stereocenters. The molecule has 2 fully saturated rings. The van der Waals surface area contributed by atoms with E-state index in [0.717, 1.165) is 18.4 Å². The van der Waals surface area contributed by atoms with Gasteiger partial charge in [-0.1, -0.05) is 0 Å². The molecule has 0 N–H and O–H groups in total. The fourth-order valence-electron chi connectivity index (χ4n) is 6.10. The van der Waals surface area contributed by atoms with Crippen LogP contribution in [-0.2, 0) is 14.3 Å². The Balaban J connectivity index is 1.94. The van der Waals surface area contributed by atoms with Crippen molar-refractivity contribution in [2.45, 2.75) is 23.2 Å². The van der Waals surface area contributed by atoms with Crippen LogP contribution in [0.15, 0.2) is 70.8 Å². The van der Waals surface area contributed by atoms with Gasteiger partial charge in [0.05, 0.1) is 0 Å². The Morgan fingerprint density at radius 1 is 0.966 bits per heavy atom. The number of ether oxygens (including phenoxy) is 2. The van der Waals surface area contributed by atoms with Crippen LogP contribution in [0.5, 0.6) is 0 Å². The Morgan fingerprint density at radius 2 is 1.55 bits per heavy atom. The number of esters is 1. The van der Waals surface area contributed by atoms with Gasteiger partial charge in [-0.2, -0.15) is 0 Å². The van der Waals surface area contributed by atoms with Gasteiger partial charge in [-0.3, -0.25) is 0 Å². The molecule has 0 heterocycles. The van der Waals surface area contributed by atoms with Crippen LogP contribution in [0.1, 0.15) is 19.3 Å². The van der Waals surface area contributed by atoms with Gasteiger partial charge in [-0.05, 0) is 0 Å². The van der Waals surface area contributed by atoms with Gasteiger partial charge in [0.25, 0.3) is 0 Å². The van der Waals surface area contributed by atoms with Crippen molar-refractivity contribution in [1.29, 1.82) is 0 Å². The molecule has 2 aromatic rings. The van der Waals surface area contributed by atoms with E-state index in [1.807, 2.05) is 7.11 Å². The average Bonchev–Trinajstić information content (AvgIpc) is 3.38. The Morgan fingerprint density at radius 3 is 2.10 bits per heavy atom. The molecule has 0 radical (unpaired) electrons. The minimum absolute atomic E-state index is 0.260. The van der Waals surface area contributed by atoms with Crippen LogP contribution in [0, 0.1) is 17.8 Å². The number of hydrogen-bond acceptors (Lipinski definition) is 3. The normalized spacial score (nSPS) is 26.1. The van der Waals surface area contributed by atoms with Gasteiger partial charge in [0, 0.05) is 0 Å². The second kappa shape index (κ2) is 9.05. The Bertz CT molecular complexity index is 809. The molecule has 2 aliphatic carbocycles. The predicted molar refractivity (Wildman–Crippen MR) is 119 cm³/mol. The molecule has 3 nitrogen and oxygen atoms in total. The Labute approximate surface area is 178 Å². The molecule has 4 atom stereocenters. The molecule has 152 valence electrons. The van der Waals surface area contributed by atoms with E-state index in [0.29, 0.717) is 9.85 Å².